The molecular weight excluding hydrogens is 270 g/mol. The summed E-state index contributed by atoms with van der Waals surface area (Å²) in [6, 6.07) is -0.0353. The van der Waals surface area contributed by atoms with Crippen molar-refractivity contribution in [3.8, 4) is 0 Å². The summed E-state index contributed by atoms with van der Waals surface area (Å²) >= 11 is 5.77. The number of carbonyl (C=O) groups is 1. The highest BCUT2D eigenvalue weighted by atomic mass is 32.1. The summed E-state index contributed by atoms with van der Waals surface area (Å²) in [5.74, 6) is 0. The molecule has 1 aliphatic heterocycles. The van der Waals surface area contributed by atoms with Gasteiger partial charge in [-0.15, -0.1) is 0 Å². The molecule has 3 fully saturated rings. The Morgan fingerprint density at radius 3 is 2.20 bits per heavy atom. The molecule has 20 heavy (non-hydrogen) atoms. The standard InChI is InChI=1S/C15H25N3OS/c1-16-13(19)18-12(20)14(8-4-2-5-9-14)17-15(18)10-6-3-7-11-15/h17H,2-11H2,1H3,(H,16,19). The zero-order chi connectivity index (χ0) is 14.2. The van der Waals surface area contributed by atoms with Crippen LogP contribution in [0.3, 0.4) is 0 Å². The average molecular weight is 295 g/mol. The first-order valence-corrected chi connectivity index (χ1v) is 8.40. The van der Waals surface area contributed by atoms with Crippen molar-refractivity contribution >= 4 is 23.2 Å². The lowest BCUT2D eigenvalue weighted by molar-refractivity contribution is 0.108. The highest BCUT2D eigenvalue weighted by molar-refractivity contribution is 7.80. The molecule has 2 amide bonds. The van der Waals surface area contributed by atoms with E-state index in [4.69, 9.17) is 12.2 Å². The van der Waals surface area contributed by atoms with Crippen molar-refractivity contribution in [1.82, 2.24) is 15.5 Å². The molecule has 4 nitrogen and oxygen atoms in total. The third-order valence-corrected chi connectivity index (χ3v) is 5.89. The number of thiocarbonyl (C=S) groups is 1. The Morgan fingerprint density at radius 2 is 1.65 bits per heavy atom. The molecular formula is C15H25N3OS. The van der Waals surface area contributed by atoms with Crippen LogP contribution >= 0.6 is 12.2 Å². The van der Waals surface area contributed by atoms with Crippen LogP contribution in [0.2, 0.25) is 0 Å². The Hall–Kier alpha value is -0.680. The molecule has 0 aromatic heterocycles. The summed E-state index contributed by atoms with van der Waals surface area (Å²) in [5, 5.41) is 6.65. The largest absolute Gasteiger partial charge is 0.341 e. The summed E-state index contributed by atoms with van der Waals surface area (Å²) in [6.45, 7) is 0. The molecule has 0 bridgehead atoms. The van der Waals surface area contributed by atoms with Crippen LogP contribution in [0.15, 0.2) is 0 Å². The molecule has 2 N–H and O–H groups in total. The zero-order valence-corrected chi connectivity index (χ0v) is 13.2. The SMILES string of the molecule is CNC(=O)N1C(=S)C2(CCCCC2)NC12CCCCC2. The number of nitrogens with one attached hydrogen (secondary N) is 2. The van der Waals surface area contributed by atoms with Gasteiger partial charge in [0.1, 0.15) is 10.7 Å². The van der Waals surface area contributed by atoms with Crippen molar-refractivity contribution in [2.75, 3.05) is 7.05 Å². The maximum Gasteiger partial charge on any atom is 0.323 e. The van der Waals surface area contributed by atoms with Crippen LogP contribution in [-0.2, 0) is 0 Å². The van der Waals surface area contributed by atoms with Gasteiger partial charge in [-0.2, -0.15) is 0 Å². The molecule has 2 saturated carbocycles. The molecule has 2 aliphatic carbocycles. The van der Waals surface area contributed by atoms with Crippen molar-refractivity contribution in [3.05, 3.63) is 0 Å². The van der Waals surface area contributed by atoms with E-state index in [9.17, 15) is 4.79 Å². The van der Waals surface area contributed by atoms with Gasteiger partial charge in [-0.05, 0) is 38.5 Å². The predicted molar refractivity (Wildman–Crippen MR) is 83.7 cm³/mol. The van der Waals surface area contributed by atoms with Gasteiger partial charge < -0.3 is 5.32 Å². The van der Waals surface area contributed by atoms with Crippen LogP contribution in [0, 0.1) is 0 Å². The van der Waals surface area contributed by atoms with Gasteiger partial charge in [-0.25, -0.2) is 4.79 Å². The Morgan fingerprint density at radius 1 is 1.10 bits per heavy atom. The van der Waals surface area contributed by atoms with Crippen LogP contribution in [0.5, 0.6) is 0 Å². The normalized spacial score (nSPS) is 28.1. The summed E-state index contributed by atoms with van der Waals surface area (Å²) in [5.41, 5.74) is -0.315. The fourth-order valence-electron chi connectivity index (χ4n) is 4.34. The van der Waals surface area contributed by atoms with Crippen molar-refractivity contribution in [3.63, 3.8) is 0 Å². The minimum atomic E-state index is -0.216. The van der Waals surface area contributed by atoms with Gasteiger partial charge in [-0.3, -0.25) is 10.2 Å². The van der Waals surface area contributed by atoms with E-state index >= 15 is 0 Å². The monoisotopic (exact) mass is 295 g/mol. The van der Waals surface area contributed by atoms with Crippen LogP contribution in [-0.4, -0.2) is 34.2 Å². The molecule has 1 saturated heterocycles. The van der Waals surface area contributed by atoms with E-state index < -0.39 is 0 Å². The van der Waals surface area contributed by atoms with Gasteiger partial charge in [0.05, 0.1) is 5.54 Å². The molecule has 3 rings (SSSR count). The number of carbonyl (C=O) groups excluding carboxylic acids is 1. The number of amides is 2. The summed E-state index contributed by atoms with van der Waals surface area (Å²) < 4.78 is 0. The van der Waals surface area contributed by atoms with Crippen molar-refractivity contribution < 1.29 is 4.79 Å². The number of urea groups is 1. The van der Waals surface area contributed by atoms with E-state index in [2.05, 4.69) is 10.6 Å². The molecule has 0 atom stereocenters. The fraction of sp³-hybridized carbons (Fsp3) is 0.867. The van der Waals surface area contributed by atoms with Crippen LogP contribution < -0.4 is 10.6 Å². The number of hydrogen-bond donors (Lipinski definition) is 2. The third-order valence-electron chi connectivity index (χ3n) is 5.32. The molecule has 2 spiro atoms. The van der Waals surface area contributed by atoms with Gasteiger partial charge in [0.15, 0.2) is 0 Å². The molecule has 1 heterocycles. The van der Waals surface area contributed by atoms with Gasteiger partial charge >= 0.3 is 6.03 Å². The molecule has 0 aromatic rings. The van der Waals surface area contributed by atoms with E-state index in [0.717, 1.165) is 30.7 Å². The highest BCUT2D eigenvalue weighted by Crippen LogP contribution is 2.45. The van der Waals surface area contributed by atoms with E-state index in [1.165, 1.54) is 38.5 Å². The first-order valence-electron chi connectivity index (χ1n) is 7.99. The predicted octanol–water partition coefficient (Wildman–Crippen LogP) is 2.92. The zero-order valence-electron chi connectivity index (χ0n) is 12.3. The maximum absolute atomic E-state index is 12.4. The smallest absolute Gasteiger partial charge is 0.323 e. The molecule has 112 valence electrons. The van der Waals surface area contributed by atoms with Gasteiger partial charge in [0, 0.05) is 7.05 Å². The molecule has 5 heteroatoms. The second-order valence-corrected chi connectivity index (χ2v) is 6.94. The lowest BCUT2D eigenvalue weighted by Gasteiger charge is -2.41. The summed E-state index contributed by atoms with van der Waals surface area (Å²) in [4.78, 5) is 15.2. The molecule has 0 aromatic carbocycles. The van der Waals surface area contributed by atoms with Crippen LogP contribution in [0.1, 0.15) is 64.2 Å². The molecule has 0 radical (unpaired) electrons. The average Bonchev–Trinajstić information content (AvgIpc) is 2.69. The second kappa shape index (κ2) is 5.26. The minimum Gasteiger partial charge on any atom is -0.341 e. The van der Waals surface area contributed by atoms with E-state index in [0.29, 0.717) is 0 Å². The van der Waals surface area contributed by atoms with Crippen molar-refractivity contribution in [2.45, 2.75) is 75.4 Å². The van der Waals surface area contributed by atoms with Crippen LogP contribution in [0.25, 0.3) is 0 Å². The third kappa shape index (κ3) is 2.06. The Labute approximate surface area is 126 Å². The van der Waals surface area contributed by atoms with E-state index in [1.807, 2.05) is 4.90 Å². The minimum absolute atomic E-state index is 0.0353. The van der Waals surface area contributed by atoms with Crippen LogP contribution in [0.4, 0.5) is 4.79 Å². The van der Waals surface area contributed by atoms with Crippen molar-refractivity contribution in [1.29, 1.82) is 0 Å². The topological polar surface area (TPSA) is 44.4 Å². The first-order chi connectivity index (χ1) is 9.64. The number of rotatable bonds is 0. The van der Waals surface area contributed by atoms with Crippen molar-refractivity contribution in [2.24, 2.45) is 0 Å². The van der Waals surface area contributed by atoms with Gasteiger partial charge in [0.2, 0.25) is 0 Å². The lowest BCUT2D eigenvalue weighted by atomic mass is 9.81. The summed E-state index contributed by atoms with van der Waals surface area (Å²) in [6.07, 6.45) is 11.6. The van der Waals surface area contributed by atoms with E-state index in [1.54, 1.807) is 7.05 Å². The maximum atomic E-state index is 12.4. The second-order valence-electron chi connectivity index (χ2n) is 6.56. The molecule has 0 unspecified atom stereocenters. The Balaban J connectivity index is 1.95. The summed E-state index contributed by atoms with van der Waals surface area (Å²) in [7, 11) is 1.70. The van der Waals surface area contributed by atoms with E-state index in [-0.39, 0.29) is 17.2 Å². The Kier molecular flexibility index (Phi) is 3.75. The Bertz CT molecular complexity index is 411. The quantitative estimate of drug-likeness (QED) is 0.675. The fourth-order valence-corrected chi connectivity index (χ4v) is 4.85. The van der Waals surface area contributed by atoms with Gasteiger partial charge in [-0.1, -0.05) is 37.9 Å². The first kappa shape index (κ1) is 14.3. The molecule has 3 aliphatic rings. The lowest BCUT2D eigenvalue weighted by Crippen LogP contribution is -2.58. The van der Waals surface area contributed by atoms with Gasteiger partial charge in [0.25, 0.3) is 0 Å². The number of hydrogen-bond acceptors (Lipinski definition) is 3. The highest BCUT2D eigenvalue weighted by Gasteiger charge is 2.58. The number of nitrogens with zero attached hydrogens (tertiary/aromatic N) is 1.